The topological polar surface area (TPSA) is 6.48 Å². The summed E-state index contributed by atoms with van der Waals surface area (Å²) in [6.07, 6.45) is 0.651. The molecule has 0 N–H and O–H groups in total. The van der Waals surface area contributed by atoms with Crippen molar-refractivity contribution in [3.63, 3.8) is 0 Å². The van der Waals surface area contributed by atoms with Crippen LogP contribution in [0.2, 0.25) is 0 Å². The molecule has 1 spiro atoms. The van der Waals surface area contributed by atoms with Crippen molar-refractivity contribution in [2.24, 2.45) is 5.41 Å². The lowest BCUT2D eigenvalue weighted by Gasteiger charge is -2.56. The smallest absolute Gasteiger partial charge is 0.268 e. The van der Waals surface area contributed by atoms with Crippen LogP contribution in [0.1, 0.15) is 41.0 Å². The maximum absolute atomic E-state index is 13.8. The molecule has 0 aliphatic carbocycles. The van der Waals surface area contributed by atoms with Crippen LogP contribution in [0.15, 0.2) is 0 Å². The average Bonchev–Trinajstić information content (AvgIpc) is 2.35. The Labute approximate surface area is 111 Å². The Morgan fingerprint density at radius 3 is 1.83 bits per heavy atom. The fourth-order valence-corrected chi connectivity index (χ4v) is 2.73. The first-order valence-electron chi connectivity index (χ1n) is 7.28. The fourth-order valence-electron chi connectivity index (χ4n) is 2.73. The van der Waals surface area contributed by atoms with Crippen molar-refractivity contribution in [2.45, 2.75) is 47.0 Å². The Morgan fingerprint density at radius 2 is 1.50 bits per heavy atom. The molecule has 0 unspecified atom stereocenters. The molecule has 0 aromatic carbocycles. The Bertz CT molecular complexity index is 226. The molecule has 0 aromatic rings. The minimum absolute atomic E-state index is 0.0443. The zero-order chi connectivity index (χ0) is 14.4. The number of hydrogen-bond acceptors (Lipinski definition) is 2. The molecule has 0 saturated carbocycles. The first-order chi connectivity index (χ1) is 8.49. The third-order valence-corrected chi connectivity index (χ3v) is 3.70. The summed E-state index contributed by atoms with van der Waals surface area (Å²) in [6, 6.07) is 0. The standard InChI is InChI=1S/C10H18F2N2.2C2H6/c1-3-14-5-4-9(6-13(2)7-9)10(11,12)8-14;2*1-2/h3-8H2,1-2H3;2*1-2H3. The van der Waals surface area contributed by atoms with E-state index in [-0.39, 0.29) is 6.54 Å². The number of likely N-dealkylation sites (tertiary alicyclic amines) is 2. The van der Waals surface area contributed by atoms with Gasteiger partial charge in [-0.05, 0) is 26.6 Å². The largest absolute Gasteiger partial charge is 0.305 e. The van der Waals surface area contributed by atoms with Gasteiger partial charge in [0.1, 0.15) is 0 Å². The molecule has 0 amide bonds. The van der Waals surface area contributed by atoms with Gasteiger partial charge in [0.2, 0.25) is 0 Å². The number of halogens is 2. The van der Waals surface area contributed by atoms with Crippen LogP contribution in [-0.2, 0) is 0 Å². The van der Waals surface area contributed by atoms with Gasteiger partial charge < -0.3 is 4.90 Å². The molecular formula is C14H30F2N2. The van der Waals surface area contributed by atoms with E-state index in [1.54, 1.807) is 0 Å². The van der Waals surface area contributed by atoms with E-state index in [0.717, 1.165) is 13.1 Å². The van der Waals surface area contributed by atoms with Crippen molar-refractivity contribution in [2.75, 3.05) is 39.8 Å². The molecule has 2 aliphatic rings. The van der Waals surface area contributed by atoms with E-state index in [9.17, 15) is 8.78 Å². The summed E-state index contributed by atoms with van der Waals surface area (Å²) in [5, 5.41) is 0. The van der Waals surface area contributed by atoms with Crippen LogP contribution in [0.5, 0.6) is 0 Å². The summed E-state index contributed by atoms with van der Waals surface area (Å²) in [5.41, 5.74) is -0.701. The first kappa shape index (κ1) is 17.8. The average molecular weight is 264 g/mol. The highest BCUT2D eigenvalue weighted by atomic mass is 19.3. The minimum atomic E-state index is -2.49. The van der Waals surface area contributed by atoms with Gasteiger partial charge in [-0.1, -0.05) is 34.6 Å². The van der Waals surface area contributed by atoms with Gasteiger partial charge in [0, 0.05) is 13.1 Å². The van der Waals surface area contributed by atoms with Crippen molar-refractivity contribution in [3.05, 3.63) is 0 Å². The van der Waals surface area contributed by atoms with Crippen LogP contribution in [-0.4, -0.2) is 55.5 Å². The lowest BCUT2D eigenvalue weighted by molar-refractivity contribution is -0.219. The second-order valence-electron chi connectivity index (χ2n) is 4.78. The molecule has 2 nitrogen and oxygen atoms in total. The zero-order valence-electron chi connectivity index (χ0n) is 12.9. The lowest BCUT2D eigenvalue weighted by Crippen LogP contribution is -2.69. The predicted octanol–water partition coefficient (Wildman–Crippen LogP) is 3.33. The van der Waals surface area contributed by atoms with Crippen LogP contribution in [0, 0.1) is 5.41 Å². The summed E-state index contributed by atoms with van der Waals surface area (Å²) >= 11 is 0. The molecule has 0 aromatic heterocycles. The van der Waals surface area contributed by atoms with Crippen LogP contribution in [0.4, 0.5) is 8.78 Å². The van der Waals surface area contributed by atoms with E-state index >= 15 is 0 Å². The Hall–Kier alpha value is -0.220. The van der Waals surface area contributed by atoms with Gasteiger partial charge in [0.25, 0.3) is 5.92 Å². The quantitative estimate of drug-likeness (QED) is 0.717. The van der Waals surface area contributed by atoms with E-state index < -0.39 is 11.3 Å². The molecule has 0 bridgehead atoms. The first-order valence-corrected chi connectivity index (χ1v) is 7.28. The third kappa shape index (κ3) is 3.41. The SMILES string of the molecule is CC.CC.CCN1CCC2(CN(C)C2)C(F)(F)C1. The number of piperidine rings is 1. The summed E-state index contributed by atoms with van der Waals surface area (Å²) in [5.74, 6) is -2.49. The van der Waals surface area contributed by atoms with Gasteiger partial charge in [-0.3, -0.25) is 4.90 Å². The molecule has 18 heavy (non-hydrogen) atoms. The van der Waals surface area contributed by atoms with Crippen LogP contribution in [0.3, 0.4) is 0 Å². The van der Waals surface area contributed by atoms with E-state index in [2.05, 4.69) is 0 Å². The summed E-state index contributed by atoms with van der Waals surface area (Å²) < 4.78 is 27.7. The van der Waals surface area contributed by atoms with Crippen molar-refractivity contribution in [1.29, 1.82) is 0 Å². The molecule has 2 fully saturated rings. The van der Waals surface area contributed by atoms with Crippen LogP contribution >= 0.6 is 0 Å². The zero-order valence-corrected chi connectivity index (χ0v) is 12.9. The van der Waals surface area contributed by atoms with E-state index in [1.807, 2.05) is 51.5 Å². The lowest BCUT2D eigenvalue weighted by atomic mass is 9.69. The molecule has 4 heteroatoms. The molecule has 2 saturated heterocycles. The summed E-state index contributed by atoms with van der Waals surface area (Å²) in [6.45, 7) is 12.6. The van der Waals surface area contributed by atoms with Gasteiger partial charge in [-0.15, -0.1) is 0 Å². The molecule has 110 valence electrons. The second-order valence-corrected chi connectivity index (χ2v) is 4.78. The van der Waals surface area contributed by atoms with Crippen molar-refractivity contribution in [1.82, 2.24) is 9.80 Å². The molecule has 2 aliphatic heterocycles. The summed E-state index contributed by atoms with van der Waals surface area (Å²) in [4.78, 5) is 3.83. The maximum Gasteiger partial charge on any atom is 0.268 e. The molecule has 2 heterocycles. The predicted molar refractivity (Wildman–Crippen MR) is 74.3 cm³/mol. The second kappa shape index (κ2) is 7.39. The van der Waals surface area contributed by atoms with Crippen molar-refractivity contribution in [3.8, 4) is 0 Å². The van der Waals surface area contributed by atoms with E-state index in [0.29, 0.717) is 19.5 Å². The highest BCUT2D eigenvalue weighted by Crippen LogP contribution is 2.49. The summed E-state index contributed by atoms with van der Waals surface area (Å²) in [7, 11) is 1.91. The number of rotatable bonds is 1. The highest BCUT2D eigenvalue weighted by Gasteiger charge is 2.61. The van der Waals surface area contributed by atoms with Gasteiger partial charge >= 0.3 is 0 Å². The molecule has 0 atom stereocenters. The van der Waals surface area contributed by atoms with Crippen LogP contribution in [0.25, 0.3) is 0 Å². The van der Waals surface area contributed by atoms with Gasteiger partial charge in [0.15, 0.2) is 0 Å². The van der Waals surface area contributed by atoms with Crippen molar-refractivity contribution >= 4 is 0 Å². The Morgan fingerprint density at radius 1 is 1.00 bits per heavy atom. The maximum atomic E-state index is 13.8. The Kier molecular flexibility index (Phi) is 7.30. The van der Waals surface area contributed by atoms with Gasteiger partial charge in [-0.2, -0.15) is 0 Å². The molecule has 2 rings (SSSR count). The van der Waals surface area contributed by atoms with E-state index in [4.69, 9.17) is 0 Å². The monoisotopic (exact) mass is 264 g/mol. The van der Waals surface area contributed by atoms with Crippen LogP contribution < -0.4 is 0 Å². The number of hydrogen-bond donors (Lipinski definition) is 0. The van der Waals surface area contributed by atoms with E-state index in [1.165, 1.54) is 0 Å². The van der Waals surface area contributed by atoms with Gasteiger partial charge in [-0.25, -0.2) is 8.78 Å². The normalized spacial score (nSPS) is 25.3. The fraction of sp³-hybridized carbons (Fsp3) is 1.00. The third-order valence-electron chi connectivity index (χ3n) is 3.70. The minimum Gasteiger partial charge on any atom is -0.305 e. The number of alkyl halides is 2. The molecular weight excluding hydrogens is 234 g/mol. The highest BCUT2D eigenvalue weighted by molar-refractivity contribution is 5.06. The Balaban J connectivity index is 0.000000659. The number of nitrogens with zero attached hydrogens (tertiary/aromatic N) is 2. The van der Waals surface area contributed by atoms with Gasteiger partial charge in [0.05, 0.1) is 12.0 Å². The molecule has 0 radical (unpaired) electrons. The van der Waals surface area contributed by atoms with Crippen molar-refractivity contribution < 1.29 is 8.78 Å².